The maximum absolute atomic E-state index is 12.6. The molecule has 1 aliphatic heterocycles. The van der Waals surface area contributed by atoms with E-state index in [9.17, 15) is 4.79 Å². The Kier molecular flexibility index (Phi) is 4.22. The van der Waals surface area contributed by atoms with Gasteiger partial charge in [-0.25, -0.2) is 10.2 Å². The summed E-state index contributed by atoms with van der Waals surface area (Å²) in [5.41, 5.74) is 7.53. The number of hydrazine groups is 1. The fraction of sp³-hybridized carbons (Fsp3) is 0.273. The Bertz CT molecular complexity index is 1000. The number of carbonyl (C=O) groups is 1. The molecule has 1 aliphatic rings. The predicted octanol–water partition coefficient (Wildman–Crippen LogP) is 4.63. The van der Waals surface area contributed by atoms with Gasteiger partial charge < -0.3 is 5.32 Å². The summed E-state index contributed by atoms with van der Waals surface area (Å²) in [6, 6.07) is 14.0. The van der Waals surface area contributed by atoms with Crippen LogP contribution in [0.15, 0.2) is 54.9 Å². The van der Waals surface area contributed by atoms with E-state index >= 15 is 0 Å². The van der Waals surface area contributed by atoms with Crippen LogP contribution in [0.1, 0.15) is 31.9 Å². The lowest BCUT2D eigenvalue weighted by atomic mass is 9.86. The molecule has 138 valence electrons. The molecular weight excluding hydrogens is 336 g/mol. The van der Waals surface area contributed by atoms with Crippen molar-refractivity contribution in [3.05, 3.63) is 66.0 Å². The summed E-state index contributed by atoms with van der Waals surface area (Å²) in [4.78, 5) is 16.7. The molecule has 0 radical (unpaired) electrons. The van der Waals surface area contributed by atoms with Gasteiger partial charge in [-0.15, -0.1) is 0 Å². The SMILES string of the molecule is CC(C)(C)c1ccc2c(c1)CCN2NC(=O)Nc1cccc2cnccc12. The summed E-state index contributed by atoms with van der Waals surface area (Å²) < 4.78 is 0. The Morgan fingerprint density at radius 1 is 1.15 bits per heavy atom. The summed E-state index contributed by atoms with van der Waals surface area (Å²) in [7, 11) is 0. The van der Waals surface area contributed by atoms with E-state index in [1.807, 2.05) is 29.3 Å². The van der Waals surface area contributed by atoms with Gasteiger partial charge in [0.25, 0.3) is 0 Å². The van der Waals surface area contributed by atoms with Gasteiger partial charge in [0.1, 0.15) is 0 Å². The molecule has 0 aliphatic carbocycles. The van der Waals surface area contributed by atoms with Crippen LogP contribution in [0, 0.1) is 0 Å². The van der Waals surface area contributed by atoms with Crippen molar-refractivity contribution in [2.24, 2.45) is 0 Å². The summed E-state index contributed by atoms with van der Waals surface area (Å²) in [6.45, 7) is 7.42. The number of anilines is 2. The molecule has 0 atom stereocenters. The van der Waals surface area contributed by atoms with Crippen LogP contribution in [0.25, 0.3) is 10.8 Å². The molecule has 0 saturated heterocycles. The van der Waals surface area contributed by atoms with Crippen LogP contribution >= 0.6 is 0 Å². The number of aromatic nitrogens is 1. The number of amides is 2. The smallest absolute Gasteiger partial charge is 0.306 e. The van der Waals surface area contributed by atoms with Crippen LogP contribution in [0.2, 0.25) is 0 Å². The standard InChI is InChI=1S/C22H24N4O/c1-22(2,3)17-7-8-20-15(13-17)10-12-26(20)25-21(27)24-19-6-4-5-16-14-23-11-9-18(16)19/h4-9,11,13-14H,10,12H2,1-3H3,(H2,24,25,27). The highest BCUT2D eigenvalue weighted by molar-refractivity contribution is 6.01. The number of benzene rings is 2. The van der Waals surface area contributed by atoms with Crippen LogP contribution in [0.3, 0.4) is 0 Å². The molecule has 2 heterocycles. The van der Waals surface area contributed by atoms with Crippen LogP contribution in [0.5, 0.6) is 0 Å². The molecule has 0 unspecified atom stereocenters. The second-order valence-electron chi connectivity index (χ2n) is 7.96. The van der Waals surface area contributed by atoms with Crippen molar-refractivity contribution >= 4 is 28.2 Å². The lowest BCUT2D eigenvalue weighted by Crippen LogP contribution is -2.43. The van der Waals surface area contributed by atoms with E-state index in [4.69, 9.17) is 0 Å². The summed E-state index contributed by atoms with van der Waals surface area (Å²) in [5.74, 6) is 0. The molecule has 2 amide bonds. The number of urea groups is 1. The second-order valence-corrected chi connectivity index (χ2v) is 7.96. The molecule has 0 spiro atoms. The number of nitrogens with zero attached hydrogens (tertiary/aromatic N) is 2. The Labute approximate surface area is 159 Å². The molecule has 2 aromatic carbocycles. The quantitative estimate of drug-likeness (QED) is 0.700. The normalized spacial score (nSPS) is 13.5. The van der Waals surface area contributed by atoms with Gasteiger partial charge in [0.15, 0.2) is 0 Å². The third-order valence-electron chi connectivity index (χ3n) is 5.01. The number of hydrogen-bond donors (Lipinski definition) is 2. The third kappa shape index (κ3) is 3.45. The Morgan fingerprint density at radius 2 is 2.00 bits per heavy atom. The molecule has 5 heteroatoms. The monoisotopic (exact) mass is 360 g/mol. The highest BCUT2D eigenvalue weighted by Crippen LogP contribution is 2.32. The van der Waals surface area contributed by atoms with E-state index in [1.165, 1.54) is 11.1 Å². The average Bonchev–Trinajstić information content (AvgIpc) is 3.03. The molecule has 2 N–H and O–H groups in total. The molecule has 0 bridgehead atoms. The Hall–Kier alpha value is -3.08. The van der Waals surface area contributed by atoms with Gasteiger partial charge >= 0.3 is 6.03 Å². The fourth-order valence-electron chi connectivity index (χ4n) is 3.49. The molecular formula is C22H24N4O. The minimum Gasteiger partial charge on any atom is -0.306 e. The van der Waals surface area contributed by atoms with Crippen molar-refractivity contribution in [1.82, 2.24) is 10.4 Å². The predicted molar refractivity (Wildman–Crippen MR) is 110 cm³/mol. The Morgan fingerprint density at radius 3 is 2.81 bits per heavy atom. The van der Waals surface area contributed by atoms with Crippen LogP contribution < -0.4 is 15.8 Å². The summed E-state index contributed by atoms with van der Waals surface area (Å²) in [6.07, 6.45) is 4.45. The second kappa shape index (κ2) is 6.58. The summed E-state index contributed by atoms with van der Waals surface area (Å²) in [5, 5.41) is 6.85. The number of pyridine rings is 1. The molecule has 3 aromatic rings. The van der Waals surface area contributed by atoms with E-state index in [0.29, 0.717) is 0 Å². The van der Waals surface area contributed by atoms with Crippen molar-refractivity contribution < 1.29 is 4.79 Å². The van der Waals surface area contributed by atoms with Gasteiger partial charge in [-0.05, 0) is 41.2 Å². The lowest BCUT2D eigenvalue weighted by Gasteiger charge is -2.23. The van der Waals surface area contributed by atoms with E-state index in [-0.39, 0.29) is 11.4 Å². The maximum Gasteiger partial charge on any atom is 0.338 e. The first-order valence-corrected chi connectivity index (χ1v) is 9.23. The first kappa shape index (κ1) is 17.3. The zero-order valence-corrected chi connectivity index (χ0v) is 15.9. The molecule has 5 nitrogen and oxygen atoms in total. The fourth-order valence-corrected chi connectivity index (χ4v) is 3.49. The third-order valence-corrected chi connectivity index (χ3v) is 5.01. The number of hydrogen-bond acceptors (Lipinski definition) is 3. The van der Waals surface area contributed by atoms with Gasteiger partial charge in [-0.2, -0.15) is 0 Å². The van der Waals surface area contributed by atoms with Crippen molar-refractivity contribution in [2.45, 2.75) is 32.6 Å². The van der Waals surface area contributed by atoms with Crippen molar-refractivity contribution in [2.75, 3.05) is 16.9 Å². The highest BCUT2D eigenvalue weighted by atomic mass is 16.2. The van der Waals surface area contributed by atoms with E-state index in [1.54, 1.807) is 12.4 Å². The highest BCUT2D eigenvalue weighted by Gasteiger charge is 2.23. The van der Waals surface area contributed by atoms with E-state index < -0.39 is 0 Å². The zero-order valence-electron chi connectivity index (χ0n) is 15.9. The van der Waals surface area contributed by atoms with Gasteiger partial charge in [0.05, 0.1) is 11.4 Å². The minimum absolute atomic E-state index is 0.122. The van der Waals surface area contributed by atoms with Crippen molar-refractivity contribution in [3.8, 4) is 0 Å². The number of nitrogens with one attached hydrogen (secondary N) is 2. The van der Waals surface area contributed by atoms with E-state index in [0.717, 1.165) is 35.1 Å². The minimum atomic E-state index is -0.243. The summed E-state index contributed by atoms with van der Waals surface area (Å²) >= 11 is 0. The van der Waals surface area contributed by atoms with Gasteiger partial charge in [-0.1, -0.05) is 45.0 Å². The average molecular weight is 360 g/mol. The first-order valence-electron chi connectivity index (χ1n) is 9.23. The molecule has 0 saturated carbocycles. The van der Waals surface area contributed by atoms with Gasteiger partial charge in [0, 0.05) is 29.7 Å². The molecule has 4 rings (SSSR count). The number of carbonyl (C=O) groups excluding carboxylic acids is 1. The molecule has 0 fully saturated rings. The first-order chi connectivity index (χ1) is 12.9. The van der Waals surface area contributed by atoms with Crippen LogP contribution in [-0.2, 0) is 11.8 Å². The zero-order chi connectivity index (χ0) is 19.0. The maximum atomic E-state index is 12.6. The number of rotatable bonds is 2. The Balaban J connectivity index is 1.50. The van der Waals surface area contributed by atoms with Gasteiger partial charge in [0.2, 0.25) is 0 Å². The largest absolute Gasteiger partial charge is 0.338 e. The molecule has 1 aromatic heterocycles. The van der Waals surface area contributed by atoms with Gasteiger partial charge in [-0.3, -0.25) is 9.99 Å². The topological polar surface area (TPSA) is 57.3 Å². The lowest BCUT2D eigenvalue weighted by molar-refractivity contribution is 0.251. The van der Waals surface area contributed by atoms with Crippen LogP contribution in [0.4, 0.5) is 16.2 Å². The van der Waals surface area contributed by atoms with Crippen molar-refractivity contribution in [1.29, 1.82) is 0 Å². The van der Waals surface area contributed by atoms with Crippen LogP contribution in [-0.4, -0.2) is 17.6 Å². The van der Waals surface area contributed by atoms with E-state index in [2.05, 4.69) is 54.7 Å². The number of fused-ring (bicyclic) bond motifs is 2. The van der Waals surface area contributed by atoms with Crippen molar-refractivity contribution in [3.63, 3.8) is 0 Å². The molecule has 27 heavy (non-hydrogen) atoms.